The van der Waals surface area contributed by atoms with Crippen molar-refractivity contribution >= 4 is 5.52 Å². The van der Waals surface area contributed by atoms with Crippen LogP contribution in [0.25, 0.3) is 5.52 Å². The summed E-state index contributed by atoms with van der Waals surface area (Å²) in [5, 5.41) is 13.0. The highest BCUT2D eigenvalue weighted by Gasteiger charge is 2.05. The van der Waals surface area contributed by atoms with Crippen LogP contribution in [0.15, 0.2) is 37.1 Å². The molecule has 0 bridgehead atoms. The van der Waals surface area contributed by atoms with Crippen molar-refractivity contribution < 1.29 is 4.74 Å². The zero-order valence-electron chi connectivity index (χ0n) is 10.3. The number of fused-ring (bicyclic) bond motifs is 1. The first-order valence-electron chi connectivity index (χ1n) is 5.73. The summed E-state index contributed by atoms with van der Waals surface area (Å²) in [4.78, 5) is 4.18. The van der Waals surface area contributed by atoms with Gasteiger partial charge in [0.1, 0.15) is 18.4 Å². The Hall–Kier alpha value is -2.81. The fourth-order valence-corrected chi connectivity index (χ4v) is 1.84. The predicted octanol–water partition coefficient (Wildman–Crippen LogP) is 1.52. The standard InChI is InChI=1S/C13H11N5O/c1-17-6-11(15-9-17)8-19-12-2-3-13-10(4-14)5-16-18(13)7-12/h2-3,5-7,9H,8H2,1H3. The summed E-state index contributed by atoms with van der Waals surface area (Å²) in [6.45, 7) is 0.402. The van der Waals surface area contributed by atoms with Gasteiger partial charge in [0.25, 0.3) is 0 Å². The number of hydrogen-bond acceptors (Lipinski definition) is 4. The van der Waals surface area contributed by atoms with E-state index in [0.717, 1.165) is 11.2 Å². The number of nitrogens with zero attached hydrogens (tertiary/aromatic N) is 5. The molecule has 94 valence electrons. The average Bonchev–Trinajstić information content (AvgIpc) is 3.01. The lowest BCUT2D eigenvalue weighted by Crippen LogP contribution is -1.97. The van der Waals surface area contributed by atoms with Crippen LogP contribution in [0.3, 0.4) is 0 Å². The molecule has 0 N–H and O–H groups in total. The molecule has 3 aromatic heterocycles. The second-order valence-electron chi connectivity index (χ2n) is 4.18. The van der Waals surface area contributed by atoms with Gasteiger partial charge in [0.15, 0.2) is 0 Å². The van der Waals surface area contributed by atoms with Gasteiger partial charge in [-0.05, 0) is 12.1 Å². The molecule has 0 saturated carbocycles. The Balaban J connectivity index is 1.80. The van der Waals surface area contributed by atoms with E-state index < -0.39 is 0 Å². The second kappa shape index (κ2) is 4.46. The van der Waals surface area contributed by atoms with Gasteiger partial charge in [0.05, 0.1) is 35.5 Å². The van der Waals surface area contributed by atoms with Crippen LogP contribution in [0, 0.1) is 11.3 Å². The normalized spacial score (nSPS) is 10.5. The highest BCUT2D eigenvalue weighted by atomic mass is 16.5. The van der Waals surface area contributed by atoms with Crippen molar-refractivity contribution in [3.8, 4) is 11.8 Å². The topological polar surface area (TPSA) is 68.1 Å². The van der Waals surface area contributed by atoms with Crippen LogP contribution >= 0.6 is 0 Å². The van der Waals surface area contributed by atoms with Crippen LogP contribution in [-0.4, -0.2) is 19.2 Å². The summed E-state index contributed by atoms with van der Waals surface area (Å²) in [6, 6.07) is 5.73. The van der Waals surface area contributed by atoms with Gasteiger partial charge in [0, 0.05) is 13.2 Å². The molecule has 6 heteroatoms. The maximum absolute atomic E-state index is 8.90. The molecular formula is C13H11N5O. The Morgan fingerprint density at radius 2 is 2.26 bits per heavy atom. The molecule has 0 spiro atoms. The number of ether oxygens (including phenoxy) is 1. The van der Waals surface area contributed by atoms with E-state index >= 15 is 0 Å². The molecular weight excluding hydrogens is 242 g/mol. The molecule has 0 aliphatic heterocycles. The van der Waals surface area contributed by atoms with Crippen LogP contribution < -0.4 is 4.74 Å². The Labute approximate surface area is 109 Å². The quantitative estimate of drug-likeness (QED) is 0.709. The van der Waals surface area contributed by atoms with E-state index in [1.165, 1.54) is 6.20 Å². The second-order valence-corrected chi connectivity index (χ2v) is 4.18. The zero-order chi connectivity index (χ0) is 13.2. The van der Waals surface area contributed by atoms with Crippen molar-refractivity contribution in [3.05, 3.63) is 48.3 Å². The minimum Gasteiger partial charge on any atom is -0.486 e. The summed E-state index contributed by atoms with van der Waals surface area (Å²) in [7, 11) is 1.91. The van der Waals surface area contributed by atoms with Crippen molar-refractivity contribution in [1.82, 2.24) is 19.2 Å². The fraction of sp³-hybridized carbons (Fsp3) is 0.154. The zero-order valence-corrected chi connectivity index (χ0v) is 10.3. The van der Waals surface area contributed by atoms with Crippen LogP contribution in [0.1, 0.15) is 11.3 Å². The number of aryl methyl sites for hydroxylation is 1. The number of hydrogen-bond donors (Lipinski definition) is 0. The first kappa shape index (κ1) is 11.3. The molecule has 3 aromatic rings. The molecule has 0 saturated heterocycles. The lowest BCUT2D eigenvalue weighted by Gasteiger charge is -2.04. The third-order valence-corrected chi connectivity index (χ3v) is 2.75. The Morgan fingerprint density at radius 3 is 3.00 bits per heavy atom. The summed E-state index contributed by atoms with van der Waals surface area (Å²) >= 11 is 0. The minimum atomic E-state index is 0.402. The number of aromatic nitrogens is 4. The molecule has 0 unspecified atom stereocenters. The molecule has 0 aromatic carbocycles. The van der Waals surface area contributed by atoms with E-state index in [0.29, 0.717) is 17.9 Å². The maximum Gasteiger partial charge on any atom is 0.138 e. The third kappa shape index (κ3) is 2.13. The first-order valence-corrected chi connectivity index (χ1v) is 5.73. The van der Waals surface area contributed by atoms with Crippen molar-refractivity contribution in [3.63, 3.8) is 0 Å². The number of nitriles is 1. The van der Waals surface area contributed by atoms with E-state index in [4.69, 9.17) is 10.00 Å². The van der Waals surface area contributed by atoms with E-state index in [1.807, 2.05) is 29.9 Å². The molecule has 3 rings (SSSR count). The van der Waals surface area contributed by atoms with E-state index in [-0.39, 0.29) is 0 Å². The lowest BCUT2D eigenvalue weighted by molar-refractivity contribution is 0.300. The summed E-state index contributed by atoms with van der Waals surface area (Å²) in [5.41, 5.74) is 2.18. The SMILES string of the molecule is Cn1cnc(COc2ccc3c(C#N)cnn3c2)c1. The third-order valence-electron chi connectivity index (χ3n) is 2.75. The van der Waals surface area contributed by atoms with Gasteiger partial charge in [-0.15, -0.1) is 0 Å². The van der Waals surface area contributed by atoms with Crippen molar-refractivity contribution in [2.75, 3.05) is 0 Å². The first-order chi connectivity index (χ1) is 9.26. The monoisotopic (exact) mass is 253 g/mol. The van der Waals surface area contributed by atoms with Crippen molar-refractivity contribution in [2.45, 2.75) is 6.61 Å². The number of imidazole rings is 1. The molecule has 0 fully saturated rings. The molecule has 6 nitrogen and oxygen atoms in total. The number of pyridine rings is 1. The van der Waals surface area contributed by atoms with Crippen molar-refractivity contribution in [2.24, 2.45) is 7.05 Å². The molecule has 0 aliphatic carbocycles. The highest BCUT2D eigenvalue weighted by Crippen LogP contribution is 2.16. The molecule has 19 heavy (non-hydrogen) atoms. The Morgan fingerprint density at radius 1 is 1.37 bits per heavy atom. The van der Waals surface area contributed by atoms with Gasteiger partial charge < -0.3 is 9.30 Å². The molecule has 0 atom stereocenters. The lowest BCUT2D eigenvalue weighted by atomic mass is 10.3. The smallest absolute Gasteiger partial charge is 0.138 e. The van der Waals surface area contributed by atoms with Crippen LogP contribution in [-0.2, 0) is 13.7 Å². The highest BCUT2D eigenvalue weighted by molar-refractivity contribution is 5.60. The van der Waals surface area contributed by atoms with Crippen LogP contribution in [0.2, 0.25) is 0 Å². The summed E-state index contributed by atoms with van der Waals surface area (Å²) in [5.74, 6) is 0.686. The average molecular weight is 253 g/mol. The van der Waals surface area contributed by atoms with E-state index in [9.17, 15) is 0 Å². The largest absolute Gasteiger partial charge is 0.486 e. The summed E-state index contributed by atoms with van der Waals surface area (Å²) in [6.07, 6.45) is 6.92. The Bertz CT molecular complexity index is 765. The van der Waals surface area contributed by atoms with Crippen LogP contribution in [0.4, 0.5) is 0 Å². The molecule has 0 radical (unpaired) electrons. The van der Waals surface area contributed by atoms with E-state index in [2.05, 4.69) is 16.2 Å². The number of rotatable bonds is 3. The minimum absolute atomic E-state index is 0.402. The van der Waals surface area contributed by atoms with Gasteiger partial charge >= 0.3 is 0 Å². The predicted molar refractivity (Wildman–Crippen MR) is 67.4 cm³/mol. The van der Waals surface area contributed by atoms with Crippen LogP contribution in [0.5, 0.6) is 5.75 Å². The van der Waals surface area contributed by atoms with Gasteiger partial charge in [0.2, 0.25) is 0 Å². The molecule has 0 amide bonds. The van der Waals surface area contributed by atoms with Gasteiger partial charge in [-0.2, -0.15) is 10.4 Å². The van der Waals surface area contributed by atoms with Gasteiger partial charge in [-0.25, -0.2) is 9.50 Å². The van der Waals surface area contributed by atoms with Gasteiger partial charge in [-0.1, -0.05) is 0 Å². The maximum atomic E-state index is 8.90. The van der Waals surface area contributed by atoms with E-state index in [1.54, 1.807) is 17.0 Å². The van der Waals surface area contributed by atoms with Gasteiger partial charge in [-0.3, -0.25) is 0 Å². The fourth-order valence-electron chi connectivity index (χ4n) is 1.84. The molecule has 0 aliphatic rings. The van der Waals surface area contributed by atoms with Crippen molar-refractivity contribution in [1.29, 1.82) is 5.26 Å². The molecule has 3 heterocycles. The summed E-state index contributed by atoms with van der Waals surface area (Å²) < 4.78 is 9.14. The Kier molecular flexibility index (Phi) is 2.65.